The summed E-state index contributed by atoms with van der Waals surface area (Å²) >= 11 is 0. The maximum absolute atomic E-state index is 5.18. The van der Waals surface area contributed by atoms with Gasteiger partial charge in [0.1, 0.15) is 6.79 Å². The molecule has 2 rings (SSSR count). The maximum atomic E-state index is 5.18. The molecule has 12 heavy (non-hydrogen) atoms. The second-order valence-electron chi connectivity index (χ2n) is 2.78. The number of hydrogen-bond donors (Lipinski definition) is 0. The van der Waals surface area contributed by atoms with E-state index in [2.05, 4.69) is 12.1 Å². The fraction of sp³-hybridized carbons (Fsp3) is 0.300. The third kappa shape index (κ3) is 1.65. The van der Waals surface area contributed by atoms with Gasteiger partial charge in [0, 0.05) is 0 Å². The van der Waals surface area contributed by atoms with Crippen LogP contribution in [0.1, 0.15) is 5.56 Å². The first-order valence-electron chi connectivity index (χ1n) is 4.02. The van der Waals surface area contributed by atoms with Gasteiger partial charge < -0.3 is 9.47 Å². The molecule has 0 unspecified atom stereocenters. The minimum atomic E-state index is 0.427. The zero-order valence-corrected chi connectivity index (χ0v) is 6.82. The van der Waals surface area contributed by atoms with Crippen molar-refractivity contribution >= 4 is 0 Å². The van der Waals surface area contributed by atoms with Crippen molar-refractivity contribution in [1.29, 1.82) is 0 Å². The van der Waals surface area contributed by atoms with E-state index in [0.717, 1.165) is 0 Å². The summed E-state index contributed by atoms with van der Waals surface area (Å²) in [5, 5.41) is 0. The van der Waals surface area contributed by atoms with Crippen LogP contribution < -0.4 is 0 Å². The largest absolute Gasteiger partial charge is 0.354 e. The first-order valence-corrected chi connectivity index (χ1v) is 4.02. The Morgan fingerprint density at radius 1 is 0.917 bits per heavy atom. The van der Waals surface area contributed by atoms with E-state index in [0.29, 0.717) is 20.0 Å². The first-order chi connectivity index (χ1) is 5.97. The van der Waals surface area contributed by atoms with Crippen molar-refractivity contribution in [3.05, 3.63) is 41.8 Å². The zero-order chi connectivity index (χ0) is 8.23. The molecule has 1 saturated heterocycles. The molecule has 0 atom stereocenters. The molecule has 2 heteroatoms. The van der Waals surface area contributed by atoms with Gasteiger partial charge in [0.25, 0.3) is 0 Å². The summed E-state index contributed by atoms with van der Waals surface area (Å²) in [5.41, 5.74) is 1.22. The van der Waals surface area contributed by atoms with Crippen molar-refractivity contribution in [2.24, 2.45) is 0 Å². The quantitative estimate of drug-likeness (QED) is 0.626. The van der Waals surface area contributed by atoms with Crippen LogP contribution in [0.25, 0.3) is 0 Å². The van der Waals surface area contributed by atoms with E-state index in [1.54, 1.807) is 0 Å². The molecule has 0 aromatic heterocycles. The fourth-order valence-corrected chi connectivity index (χ4v) is 1.27. The SMILES string of the molecule is c1ccc([C]2COCOC2)cc1. The molecule has 63 valence electrons. The Labute approximate surface area is 72.1 Å². The molecule has 0 amide bonds. The van der Waals surface area contributed by atoms with E-state index in [1.807, 2.05) is 18.2 Å². The van der Waals surface area contributed by atoms with Crippen molar-refractivity contribution in [1.82, 2.24) is 0 Å². The van der Waals surface area contributed by atoms with Gasteiger partial charge in [0.05, 0.1) is 19.1 Å². The average molecular weight is 163 g/mol. The van der Waals surface area contributed by atoms with Gasteiger partial charge in [-0.1, -0.05) is 30.3 Å². The predicted octanol–water partition coefficient (Wildman–Crippen LogP) is 1.61. The lowest BCUT2D eigenvalue weighted by Gasteiger charge is -2.21. The van der Waals surface area contributed by atoms with Crippen LogP contribution >= 0.6 is 0 Å². The lowest BCUT2D eigenvalue weighted by molar-refractivity contribution is -0.0806. The van der Waals surface area contributed by atoms with Gasteiger partial charge in [-0.05, 0) is 5.56 Å². The number of rotatable bonds is 1. The lowest BCUT2D eigenvalue weighted by atomic mass is 10.0. The highest BCUT2D eigenvalue weighted by Crippen LogP contribution is 2.17. The fourth-order valence-electron chi connectivity index (χ4n) is 1.27. The molecule has 0 N–H and O–H groups in total. The molecule has 0 saturated carbocycles. The summed E-state index contributed by atoms with van der Waals surface area (Å²) in [7, 11) is 0. The van der Waals surface area contributed by atoms with Gasteiger partial charge in [-0.15, -0.1) is 0 Å². The van der Waals surface area contributed by atoms with Crippen LogP contribution in [0, 0.1) is 5.92 Å². The minimum Gasteiger partial charge on any atom is -0.354 e. The van der Waals surface area contributed by atoms with Crippen molar-refractivity contribution in [2.45, 2.75) is 0 Å². The lowest BCUT2D eigenvalue weighted by Crippen LogP contribution is -2.22. The first kappa shape index (κ1) is 7.77. The van der Waals surface area contributed by atoms with Gasteiger partial charge in [0.15, 0.2) is 0 Å². The minimum absolute atomic E-state index is 0.427. The van der Waals surface area contributed by atoms with E-state index in [4.69, 9.17) is 9.47 Å². The topological polar surface area (TPSA) is 18.5 Å². The van der Waals surface area contributed by atoms with Crippen LogP contribution in [-0.2, 0) is 9.47 Å². The molecule has 1 aliphatic rings. The van der Waals surface area contributed by atoms with Crippen LogP contribution in [-0.4, -0.2) is 20.0 Å². The van der Waals surface area contributed by atoms with Gasteiger partial charge in [0.2, 0.25) is 0 Å². The van der Waals surface area contributed by atoms with Gasteiger partial charge in [-0.3, -0.25) is 0 Å². The van der Waals surface area contributed by atoms with Crippen LogP contribution in [0.4, 0.5) is 0 Å². The Kier molecular flexibility index (Phi) is 2.39. The van der Waals surface area contributed by atoms with Crippen LogP contribution in [0.5, 0.6) is 0 Å². The maximum Gasteiger partial charge on any atom is 0.146 e. The number of ether oxygens (including phenoxy) is 2. The van der Waals surface area contributed by atoms with Crippen molar-refractivity contribution < 1.29 is 9.47 Å². The summed E-state index contributed by atoms with van der Waals surface area (Å²) in [5.74, 6) is 1.22. The Morgan fingerprint density at radius 3 is 2.25 bits per heavy atom. The Balaban J connectivity index is 2.08. The Hall–Kier alpha value is -0.860. The molecule has 1 aliphatic heterocycles. The summed E-state index contributed by atoms with van der Waals surface area (Å²) in [6.07, 6.45) is 0. The second-order valence-corrected chi connectivity index (χ2v) is 2.78. The van der Waals surface area contributed by atoms with Gasteiger partial charge in [-0.25, -0.2) is 0 Å². The molecule has 0 spiro atoms. The highest BCUT2D eigenvalue weighted by molar-refractivity contribution is 5.31. The summed E-state index contributed by atoms with van der Waals surface area (Å²) in [4.78, 5) is 0. The molecule has 1 aromatic rings. The molecular weight excluding hydrogens is 152 g/mol. The second kappa shape index (κ2) is 3.70. The Morgan fingerprint density at radius 2 is 1.58 bits per heavy atom. The molecule has 1 fully saturated rings. The third-order valence-corrected chi connectivity index (χ3v) is 1.90. The number of benzene rings is 1. The third-order valence-electron chi connectivity index (χ3n) is 1.90. The van der Waals surface area contributed by atoms with E-state index < -0.39 is 0 Å². The summed E-state index contributed by atoms with van der Waals surface area (Å²) in [6, 6.07) is 10.2. The average Bonchev–Trinajstić information content (AvgIpc) is 2.21. The van der Waals surface area contributed by atoms with E-state index in [9.17, 15) is 0 Å². The zero-order valence-electron chi connectivity index (χ0n) is 6.82. The molecule has 1 radical (unpaired) electrons. The molecule has 2 nitrogen and oxygen atoms in total. The summed E-state index contributed by atoms with van der Waals surface area (Å²) in [6.45, 7) is 1.82. The van der Waals surface area contributed by atoms with Gasteiger partial charge in [-0.2, -0.15) is 0 Å². The van der Waals surface area contributed by atoms with E-state index in [-0.39, 0.29) is 0 Å². The highest BCUT2D eigenvalue weighted by atomic mass is 16.7. The van der Waals surface area contributed by atoms with Crippen LogP contribution in [0.3, 0.4) is 0 Å². The normalized spacial score (nSPS) is 19.3. The highest BCUT2D eigenvalue weighted by Gasteiger charge is 2.16. The monoisotopic (exact) mass is 163 g/mol. The predicted molar refractivity (Wildman–Crippen MR) is 45.6 cm³/mol. The molecule has 0 aliphatic carbocycles. The van der Waals surface area contributed by atoms with Crippen molar-refractivity contribution in [3.8, 4) is 0 Å². The van der Waals surface area contributed by atoms with Crippen molar-refractivity contribution in [3.63, 3.8) is 0 Å². The molecule has 1 heterocycles. The molecule has 0 bridgehead atoms. The van der Waals surface area contributed by atoms with E-state index in [1.165, 1.54) is 11.5 Å². The van der Waals surface area contributed by atoms with E-state index >= 15 is 0 Å². The molecule has 1 aromatic carbocycles. The van der Waals surface area contributed by atoms with Crippen molar-refractivity contribution in [2.75, 3.05) is 20.0 Å². The van der Waals surface area contributed by atoms with Crippen LogP contribution in [0.15, 0.2) is 30.3 Å². The Bertz CT molecular complexity index is 227. The standard InChI is InChI=1S/C10H11O2/c1-2-4-9(5-3-1)10-6-11-8-12-7-10/h1-5H,6-8H2. The van der Waals surface area contributed by atoms with Gasteiger partial charge >= 0.3 is 0 Å². The van der Waals surface area contributed by atoms with Crippen LogP contribution in [0.2, 0.25) is 0 Å². The smallest absolute Gasteiger partial charge is 0.146 e. The number of hydrogen-bond acceptors (Lipinski definition) is 2. The summed E-state index contributed by atoms with van der Waals surface area (Å²) < 4.78 is 10.4. The molecular formula is C10H11O2.